The molecule has 1 heterocycles. The van der Waals surface area contributed by atoms with E-state index in [0.29, 0.717) is 23.6 Å². The van der Waals surface area contributed by atoms with Crippen molar-refractivity contribution in [3.63, 3.8) is 0 Å². The maximum absolute atomic E-state index is 12.4. The van der Waals surface area contributed by atoms with Crippen molar-refractivity contribution in [3.05, 3.63) is 29.3 Å². The number of hydrogen-bond acceptors (Lipinski definition) is 5. The standard InChI is InChI=1S/C15H16N2O4S/c1-4-17-14(19)11(13(18)16-15(17)22)8-9-7-10(20-2)5-6-12(9)21-3/h5-8H,4H2,1-3H3,(H,16,18,22)/b11-8-. The second-order valence-electron chi connectivity index (χ2n) is 4.47. The number of amides is 2. The third-order valence-electron chi connectivity index (χ3n) is 3.24. The first-order chi connectivity index (χ1) is 10.5. The van der Waals surface area contributed by atoms with E-state index in [2.05, 4.69) is 5.32 Å². The maximum atomic E-state index is 12.4. The van der Waals surface area contributed by atoms with Crippen LogP contribution in [-0.4, -0.2) is 42.6 Å². The second kappa shape index (κ2) is 6.57. The van der Waals surface area contributed by atoms with Crippen LogP contribution in [0, 0.1) is 0 Å². The maximum Gasteiger partial charge on any atom is 0.265 e. The number of methoxy groups -OCH3 is 2. The molecule has 0 atom stereocenters. The number of carbonyl (C=O) groups is 2. The van der Waals surface area contributed by atoms with Gasteiger partial charge in [-0.15, -0.1) is 0 Å². The molecule has 116 valence electrons. The summed E-state index contributed by atoms with van der Waals surface area (Å²) < 4.78 is 10.4. The second-order valence-corrected chi connectivity index (χ2v) is 4.86. The van der Waals surface area contributed by atoms with Gasteiger partial charge in [-0.2, -0.15) is 0 Å². The lowest BCUT2D eigenvalue weighted by molar-refractivity contribution is -0.128. The number of benzene rings is 1. The van der Waals surface area contributed by atoms with Crippen molar-refractivity contribution >= 4 is 35.2 Å². The fourth-order valence-electron chi connectivity index (χ4n) is 2.09. The normalized spacial score (nSPS) is 16.8. The van der Waals surface area contributed by atoms with Gasteiger partial charge in [0.05, 0.1) is 14.2 Å². The monoisotopic (exact) mass is 320 g/mol. The number of likely N-dealkylation sites (N-methyl/N-ethyl adjacent to an activating group) is 1. The molecule has 6 nitrogen and oxygen atoms in total. The molecule has 1 aromatic carbocycles. The Morgan fingerprint density at radius 1 is 1.27 bits per heavy atom. The van der Waals surface area contributed by atoms with Crippen LogP contribution in [0.5, 0.6) is 11.5 Å². The average molecular weight is 320 g/mol. The van der Waals surface area contributed by atoms with Crippen molar-refractivity contribution < 1.29 is 19.1 Å². The van der Waals surface area contributed by atoms with E-state index in [1.54, 1.807) is 25.1 Å². The third-order valence-corrected chi connectivity index (χ3v) is 3.56. The van der Waals surface area contributed by atoms with Crippen molar-refractivity contribution in [2.45, 2.75) is 6.92 Å². The van der Waals surface area contributed by atoms with E-state index in [9.17, 15) is 9.59 Å². The molecule has 1 aliphatic rings. The molecule has 0 saturated carbocycles. The summed E-state index contributed by atoms with van der Waals surface area (Å²) in [5.41, 5.74) is 0.575. The predicted molar refractivity (Wildman–Crippen MR) is 85.7 cm³/mol. The van der Waals surface area contributed by atoms with Gasteiger partial charge in [-0.3, -0.25) is 19.8 Å². The van der Waals surface area contributed by atoms with E-state index >= 15 is 0 Å². The van der Waals surface area contributed by atoms with Gasteiger partial charge in [0.15, 0.2) is 5.11 Å². The number of rotatable bonds is 4. The fourth-order valence-corrected chi connectivity index (χ4v) is 2.39. The Kier molecular flexibility index (Phi) is 4.77. The molecule has 0 radical (unpaired) electrons. The summed E-state index contributed by atoms with van der Waals surface area (Å²) in [5.74, 6) is 0.176. The first-order valence-electron chi connectivity index (χ1n) is 6.62. The van der Waals surface area contributed by atoms with E-state index in [4.69, 9.17) is 21.7 Å². The molecule has 1 aromatic rings. The molecule has 0 bridgehead atoms. The highest BCUT2D eigenvalue weighted by Crippen LogP contribution is 2.27. The summed E-state index contributed by atoms with van der Waals surface area (Å²) in [6, 6.07) is 5.13. The molecule has 0 aromatic heterocycles. The van der Waals surface area contributed by atoms with E-state index in [-0.39, 0.29) is 10.7 Å². The number of nitrogens with one attached hydrogen (secondary N) is 1. The van der Waals surface area contributed by atoms with Gasteiger partial charge >= 0.3 is 0 Å². The summed E-state index contributed by atoms with van der Waals surface area (Å²) in [6.07, 6.45) is 1.48. The summed E-state index contributed by atoms with van der Waals surface area (Å²) in [5, 5.41) is 2.62. The summed E-state index contributed by atoms with van der Waals surface area (Å²) in [7, 11) is 3.05. The van der Waals surface area contributed by atoms with Gasteiger partial charge in [-0.05, 0) is 43.4 Å². The number of nitrogens with zero attached hydrogens (tertiary/aromatic N) is 1. The Morgan fingerprint density at radius 3 is 2.59 bits per heavy atom. The molecule has 1 saturated heterocycles. The van der Waals surface area contributed by atoms with Crippen LogP contribution in [0.2, 0.25) is 0 Å². The van der Waals surface area contributed by atoms with Gasteiger partial charge in [0.2, 0.25) is 0 Å². The Hall–Kier alpha value is -2.41. The molecule has 2 amide bonds. The van der Waals surface area contributed by atoms with Crippen molar-refractivity contribution in [2.75, 3.05) is 20.8 Å². The molecule has 0 aliphatic carbocycles. The Balaban J connectivity index is 2.49. The summed E-state index contributed by atoms with van der Waals surface area (Å²) in [6.45, 7) is 2.16. The predicted octanol–water partition coefficient (Wildman–Crippen LogP) is 1.35. The zero-order valence-electron chi connectivity index (χ0n) is 12.5. The van der Waals surface area contributed by atoms with Gasteiger partial charge in [-0.25, -0.2) is 0 Å². The van der Waals surface area contributed by atoms with Crippen LogP contribution >= 0.6 is 12.2 Å². The highest BCUT2D eigenvalue weighted by atomic mass is 32.1. The van der Waals surface area contributed by atoms with Crippen LogP contribution < -0.4 is 14.8 Å². The summed E-state index contributed by atoms with van der Waals surface area (Å²) in [4.78, 5) is 25.8. The zero-order chi connectivity index (χ0) is 16.3. The van der Waals surface area contributed by atoms with Crippen LogP contribution in [0.3, 0.4) is 0 Å². The molecule has 1 N–H and O–H groups in total. The molecule has 2 rings (SSSR count). The van der Waals surface area contributed by atoms with Crippen molar-refractivity contribution in [3.8, 4) is 11.5 Å². The summed E-state index contributed by atoms with van der Waals surface area (Å²) >= 11 is 4.99. The highest BCUT2D eigenvalue weighted by molar-refractivity contribution is 7.80. The van der Waals surface area contributed by atoms with Gasteiger partial charge in [-0.1, -0.05) is 0 Å². The largest absolute Gasteiger partial charge is 0.497 e. The van der Waals surface area contributed by atoms with Crippen molar-refractivity contribution in [2.24, 2.45) is 0 Å². The molecule has 22 heavy (non-hydrogen) atoms. The number of thiocarbonyl (C=S) groups is 1. The molecule has 1 aliphatic heterocycles. The lowest BCUT2D eigenvalue weighted by Crippen LogP contribution is -2.53. The molecular weight excluding hydrogens is 304 g/mol. The highest BCUT2D eigenvalue weighted by Gasteiger charge is 2.32. The van der Waals surface area contributed by atoms with E-state index in [0.717, 1.165) is 0 Å². The van der Waals surface area contributed by atoms with Gasteiger partial charge < -0.3 is 9.47 Å². The Bertz CT molecular complexity index is 670. The van der Waals surface area contributed by atoms with E-state index < -0.39 is 11.8 Å². The molecule has 7 heteroatoms. The quantitative estimate of drug-likeness (QED) is 0.515. The van der Waals surface area contributed by atoms with Crippen LogP contribution in [0.25, 0.3) is 6.08 Å². The first-order valence-corrected chi connectivity index (χ1v) is 7.03. The lowest BCUT2D eigenvalue weighted by Gasteiger charge is -2.27. The van der Waals surface area contributed by atoms with Crippen LogP contribution in [0.4, 0.5) is 0 Å². The first kappa shape index (κ1) is 16.0. The van der Waals surface area contributed by atoms with Crippen LogP contribution in [0.1, 0.15) is 12.5 Å². The Labute approximate surface area is 133 Å². The molecular formula is C15H16N2O4S. The van der Waals surface area contributed by atoms with Crippen molar-refractivity contribution in [1.82, 2.24) is 10.2 Å². The SMILES string of the molecule is CCN1C(=O)/C(=C\c2cc(OC)ccc2OC)C(=O)NC1=S. The average Bonchev–Trinajstić information content (AvgIpc) is 2.51. The lowest BCUT2D eigenvalue weighted by atomic mass is 10.1. The minimum atomic E-state index is -0.524. The fraction of sp³-hybridized carbons (Fsp3) is 0.267. The number of carbonyl (C=O) groups excluding carboxylic acids is 2. The number of ether oxygens (including phenoxy) is 2. The van der Waals surface area contributed by atoms with Gasteiger partial charge in [0, 0.05) is 12.1 Å². The van der Waals surface area contributed by atoms with E-state index in [1.807, 2.05) is 0 Å². The molecule has 0 unspecified atom stereocenters. The molecule has 0 spiro atoms. The number of hydrogen-bond donors (Lipinski definition) is 1. The smallest absolute Gasteiger partial charge is 0.265 e. The molecule has 1 fully saturated rings. The van der Waals surface area contributed by atoms with Crippen LogP contribution in [-0.2, 0) is 9.59 Å². The third kappa shape index (κ3) is 2.94. The topological polar surface area (TPSA) is 67.9 Å². The van der Waals surface area contributed by atoms with E-state index in [1.165, 1.54) is 25.2 Å². The zero-order valence-corrected chi connectivity index (χ0v) is 13.3. The van der Waals surface area contributed by atoms with Crippen LogP contribution in [0.15, 0.2) is 23.8 Å². The van der Waals surface area contributed by atoms with Gasteiger partial charge in [0.25, 0.3) is 11.8 Å². The minimum Gasteiger partial charge on any atom is -0.497 e. The minimum absolute atomic E-state index is 0.00185. The van der Waals surface area contributed by atoms with Crippen molar-refractivity contribution in [1.29, 1.82) is 0 Å². The Morgan fingerprint density at radius 2 is 2.00 bits per heavy atom. The van der Waals surface area contributed by atoms with Gasteiger partial charge in [0.1, 0.15) is 17.1 Å².